The molecule has 0 fully saturated rings. The zero-order chi connectivity index (χ0) is 37.0. The first-order valence-corrected chi connectivity index (χ1v) is 16.3. The Balaban J connectivity index is 1.84. The highest BCUT2D eigenvalue weighted by Crippen LogP contribution is 2.20. The maximum Gasteiger partial charge on any atom is 0.408 e. The van der Waals surface area contributed by atoms with Gasteiger partial charge in [-0.2, -0.15) is 0 Å². The maximum atomic E-state index is 13.8. The first-order valence-electron chi connectivity index (χ1n) is 16.3. The van der Waals surface area contributed by atoms with Crippen LogP contribution in [0.25, 0.3) is 10.9 Å². The van der Waals surface area contributed by atoms with E-state index in [9.17, 15) is 33.9 Å². The molecule has 0 aliphatic carbocycles. The van der Waals surface area contributed by atoms with Crippen LogP contribution in [0.5, 0.6) is 0 Å². The van der Waals surface area contributed by atoms with E-state index in [4.69, 9.17) is 10.6 Å². The number of hydrogen-bond donors (Lipinski definition) is 8. The number of benzene rings is 2. The Morgan fingerprint density at radius 1 is 0.760 bits per heavy atom. The lowest BCUT2D eigenvalue weighted by Crippen LogP contribution is -2.59. The summed E-state index contributed by atoms with van der Waals surface area (Å²) in [6, 6.07) is 11.0. The van der Waals surface area contributed by atoms with Crippen molar-refractivity contribution in [2.45, 2.75) is 90.1 Å². The van der Waals surface area contributed by atoms with Gasteiger partial charge >= 0.3 is 12.1 Å². The quantitative estimate of drug-likeness (QED) is 0.0620. The minimum absolute atomic E-state index is 0.0395. The molecule has 270 valence electrons. The lowest BCUT2D eigenvalue weighted by Gasteiger charge is -2.27. The summed E-state index contributed by atoms with van der Waals surface area (Å²) in [4.78, 5) is 81.1. The van der Waals surface area contributed by atoms with Crippen LogP contribution in [0.1, 0.15) is 58.6 Å². The van der Waals surface area contributed by atoms with Crippen LogP contribution < -0.4 is 32.5 Å². The number of alkyl carbamates (subject to hydrolysis) is 1. The van der Waals surface area contributed by atoms with Crippen molar-refractivity contribution < 1.29 is 38.6 Å². The van der Waals surface area contributed by atoms with Gasteiger partial charge in [-0.3, -0.25) is 29.4 Å². The Bertz CT molecular complexity index is 1650. The van der Waals surface area contributed by atoms with Crippen molar-refractivity contribution in [2.24, 2.45) is 11.8 Å². The molecule has 5 amide bonds. The molecule has 4 atom stereocenters. The number of carbonyl (C=O) groups excluding carboxylic acids is 5. The van der Waals surface area contributed by atoms with Gasteiger partial charge in [-0.05, 0) is 50.3 Å². The highest BCUT2D eigenvalue weighted by molar-refractivity contribution is 5.97. The van der Waals surface area contributed by atoms with Gasteiger partial charge in [-0.1, -0.05) is 62.4 Å². The largest absolute Gasteiger partial charge is 0.481 e. The fourth-order valence-corrected chi connectivity index (χ4v) is 5.24. The van der Waals surface area contributed by atoms with Crippen LogP contribution in [0, 0.1) is 5.92 Å². The van der Waals surface area contributed by atoms with Crippen molar-refractivity contribution in [2.75, 3.05) is 0 Å². The number of carboxylic acid groups (broad SMARTS) is 1. The number of amides is 5. The third kappa shape index (κ3) is 12.2. The molecule has 15 nitrogen and oxygen atoms in total. The van der Waals surface area contributed by atoms with Crippen LogP contribution >= 0.6 is 0 Å². The standard InChI is InChI=1S/C35H47N7O8/c1-20(2)15-25(30(45)40-28(18-29(43)44)32(47)39-26(33(48)42-36)16-21-11-7-6-8-12-21)38-31(46)27(41-34(49)50-35(3,4)5)17-22-19-37-24-14-10-9-13-23(22)24/h6-14,19-20,25-28,37H,15-18,36H2,1-5H3,(H,38,46)(H,39,47)(H,40,45)(H,41,49)(H,42,48)(H,43,44)/t25-,26-,27-,28-/m0/s1. The first kappa shape index (κ1) is 39.0. The minimum atomic E-state index is -1.61. The molecular weight excluding hydrogens is 646 g/mol. The second kappa shape index (κ2) is 17.8. The van der Waals surface area contributed by atoms with Crippen molar-refractivity contribution >= 4 is 46.6 Å². The number of hydrazine groups is 1. The predicted octanol–water partition coefficient (Wildman–Crippen LogP) is 1.81. The fourth-order valence-electron chi connectivity index (χ4n) is 5.24. The SMILES string of the molecule is CC(C)C[C@H](NC(=O)[C@H](Cc1c[nH]c2ccccc12)NC(=O)OC(C)(C)C)C(=O)N[C@@H](CC(=O)O)C(=O)N[C@@H](Cc1ccccc1)C(=O)NN. The molecule has 1 heterocycles. The molecule has 0 saturated heterocycles. The number of ether oxygens (including phenoxy) is 1. The number of nitrogens with two attached hydrogens (primary N) is 1. The summed E-state index contributed by atoms with van der Waals surface area (Å²) in [5, 5.41) is 20.6. The Morgan fingerprint density at radius 2 is 1.32 bits per heavy atom. The number of nitrogens with one attached hydrogen (secondary N) is 6. The Morgan fingerprint density at radius 3 is 1.94 bits per heavy atom. The van der Waals surface area contributed by atoms with E-state index in [1.54, 1.807) is 57.3 Å². The lowest BCUT2D eigenvalue weighted by atomic mass is 10.00. The molecule has 9 N–H and O–H groups in total. The molecule has 0 radical (unpaired) electrons. The summed E-state index contributed by atoms with van der Waals surface area (Å²) in [5.41, 5.74) is 3.39. The Labute approximate surface area is 290 Å². The summed E-state index contributed by atoms with van der Waals surface area (Å²) in [5.74, 6) is 0.603. The van der Waals surface area contributed by atoms with Crippen LogP contribution in [-0.4, -0.2) is 75.6 Å². The average molecular weight is 694 g/mol. The lowest BCUT2D eigenvalue weighted by molar-refractivity contribution is -0.141. The van der Waals surface area contributed by atoms with Gasteiger partial charge < -0.3 is 36.1 Å². The number of aromatic amines is 1. The molecule has 0 aliphatic rings. The van der Waals surface area contributed by atoms with E-state index in [0.717, 1.165) is 16.5 Å². The van der Waals surface area contributed by atoms with Crippen LogP contribution in [0.3, 0.4) is 0 Å². The number of H-pyrrole nitrogens is 1. The fraction of sp³-hybridized carbons (Fsp3) is 0.429. The Hall–Kier alpha value is -5.44. The van der Waals surface area contributed by atoms with Gasteiger partial charge in [0.25, 0.3) is 5.91 Å². The van der Waals surface area contributed by atoms with Crippen LogP contribution in [0.15, 0.2) is 60.8 Å². The van der Waals surface area contributed by atoms with E-state index in [0.29, 0.717) is 5.56 Å². The summed E-state index contributed by atoms with van der Waals surface area (Å²) < 4.78 is 5.40. The third-order valence-electron chi connectivity index (χ3n) is 7.52. The normalized spacial score (nSPS) is 13.7. The monoisotopic (exact) mass is 693 g/mol. The number of aliphatic carboxylic acids is 1. The zero-order valence-corrected chi connectivity index (χ0v) is 28.9. The van der Waals surface area contributed by atoms with E-state index in [-0.39, 0.29) is 25.2 Å². The van der Waals surface area contributed by atoms with Crippen molar-refractivity contribution in [3.05, 3.63) is 71.9 Å². The Kier molecular flexibility index (Phi) is 13.9. The van der Waals surface area contributed by atoms with Crippen LogP contribution in [0.2, 0.25) is 0 Å². The number of para-hydroxylation sites is 1. The third-order valence-corrected chi connectivity index (χ3v) is 7.52. The molecule has 0 saturated carbocycles. The van der Waals surface area contributed by atoms with Crippen molar-refractivity contribution in [3.63, 3.8) is 0 Å². The zero-order valence-electron chi connectivity index (χ0n) is 28.9. The summed E-state index contributed by atoms with van der Waals surface area (Å²) >= 11 is 0. The summed E-state index contributed by atoms with van der Waals surface area (Å²) in [7, 11) is 0. The molecule has 0 unspecified atom stereocenters. The van der Waals surface area contributed by atoms with Gasteiger partial charge in [0.1, 0.15) is 29.8 Å². The van der Waals surface area contributed by atoms with Crippen molar-refractivity contribution in [3.8, 4) is 0 Å². The number of rotatable bonds is 16. The highest BCUT2D eigenvalue weighted by Gasteiger charge is 2.33. The number of fused-ring (bicyclic) bond motifs is 1. The number of carbonyl (C=O) groups is 6. The molecule has 3 aromatic rings. The van der Waals surface area contributed by atoms with Gasteiger partial charge in [0.2, 0.25) is 17.7 Å². The van der Waals surface area contributed by atoms with E-state index in [1.807, 2.05) is 43.5 Å². The van der Waals surface area contributed by atoms with E-state index >= 15 is 0 Å². The molecule has 3 rings (SSSR count). The van der Waals surface area contributed by atoms with Gasteiger partial charge in [-0.25, -0.2) is 10.6 Å². The molecule has 1 aromatic heterocycles. The molecule has 0 aliphatic heterocycles. The smallest absolute Gasteiger partial charge is 0.408 e. The van der Waals surface area contributed by atoms with Gasteiger partial charge in [-0.15, -0.1) is 0 Å². The number of hydrogen-bond acceptors (Lipinski definition) is 8. The van der Waals surface area contributed by atoms with E-state index in [1.165, 1.54) is 0 Å². The van der Waals surface area contributed by atoms with Crippen molar-refractivity contribution in [1.29, 1.82) is 0 Å². The second-order valence-corrected chi connectivity index (χ2v) is 13.4. The number of aromatic nitrogens is 1. The molecule has 2 aromatic carbocycles. The molecule has 50 heavy (non-hydrogen) atoms. The maximum absolute atomic E-state index is 13.8. The topological polar surface area (TPSA) is 234 Å². The van der Waals surface area contributed by atoms with E-state index < -0.39 is 71.9 Å². The molecule has 0 spiro atoms. The average Bonchev–Trinajstić information content (AvgIpc) is 3.44. The van der Waals surface area contributed by atoms with Gasteiger partial charge in [0, 0.05) is 29.9 Å². The number of carboxylic acids is 1. The van der Waals surface area contributed by atoms with E-state index in [2.05, 4.69) is 26.3 Å². The highest BCUT2D eigenvalue weighted by atomic mass is 16.6. The van der Waals surface area contributed by atoms with Crippen molar-refractivity contribution in [1.82, 2.24) is 31.7 Å². The second-order valence-electron chi connectivity index (χ2n) is 13.4. The summed E-state index contributed by atoms with van der Waals surface area (Å²) in [6.45, 7) is 8.67. The van der Waals surface area contributed by atoms with Crippen LogP contribution in [0.4, 0.5) is 4.79 Å². The molecule has 15 heteroatoms. The predicted molar refractivity (Wildman–Crippen MR) is 185 cm³/mol. The van der Waals surface area contributed by atoms with Crippen LogP contribution in [-0.2, 0) is 41.6 Å². The first-order chi connectivity index (χ1) is 23.6. The van der Waals surface area contributed by atoms with Gasteiger partial charge in [0.15, 0.2) is 0 Å². The molecule has 0 bridgehead atoms. The molecular formula is C35H47N7O8. The minimum Gasteiger partial charge on any atom is -0.481 e. The summed E-state index contributed by atoms with van der Waals surface area (Å²) in [6.07, 6.45) is 0.264. The van der Waals surface area contributed by atoms with Gasteiger partial charge in [0.05, 0.1) is 6.42 Å².